The van der Waals surface area contributed by atoms with Crippen molar-refractivity contribution in [2.24, 2.45) is 5.73 Å². The van der Waals surface area contributed by atoms with E-state index in [1.807, 2.05) is 0 Å². The largest absolute Gasteiger partial charge is 0.369 e. The Morgan fingerprint density at radius 3 is 2.78 bits per heavy atom. The van der Waals surface area contributed by atoms with E-state index in [0.717, 1.165) is 36.7 Å². The normalized spacial score (nSPS) is 17.6. The molecule has 96 valence electrons. The van der Waals surface area contributed by atoms with Gasteiger partial charge in [0.05, 0.1) is 10.2 Å². The molecule has 1 aromatic carbocycles. The molecule has 0 unspecified atom stereocenters. The standard InChI is InChI=1S/C13H18N4S/c1-16-4-6-17(7-5-16)10-2-3-11-12(8-10)18-13(9-14)15-11/h2-3,8H,4-7,9,14H2,1H3. The quantitative estimate of drug-likeness (QED) is 0.891. The summed E-state index contributed by atoms with van der Waals surface area (Å²) < 4.78 is 1.24. The Morgan fingerprint density at radius 1 is 1.28 bits per heavy atom. The van der Waals surface area contributed by atoms with E-state index in [1.165, 1.54) is 10.4 Å². The third-order valence-electron chi connectivity index (χ3n) is 3.46. The van der Waals surface area contributed by atoms with E-state index in [1.54, 1.807) is 11.3 Å². The summed E-state index contributed by atoms with van der Waals surface area (Å²) in [7, 11) is 2.18. The number of likely N-dealkylation sites (N-methyl/N-ethyl adjacent to an activating group) is 1. The van der Waals surface area contributed by atoms with Gasteiger partial charge in [-0.25, -0.2) is 4.98 Å². The molecule has 0 spiro atoms. The van der Waals surface area contributed by atoms with Crippen LogP contribution in [0.5, 0.6) is 0 Å². The number of hydrogen-bond donors (Lipinski definition) is 1. The number of fused-ring (bicyclic) bond motifs is 1. The van der Waals surface area contributed by atoms with E-state index in [4.69, 9.17) is 5.73 Å². The highest BCUT2D eigenvalue weighted by Crippen LogP contribution is 2.27. The number of hydrogen-bond acceptors (Lipinski definition) is 5. The minimum Gasteiger partial charge on any atom is -0.369 e. The van der Waals surface area contributed by atoms with Crippen LogP contribution in [-0.4, -0.2) is 43.1 Å². The highest BCUT2D eigenvalue weighted by Gasteiger charge is 2.15. The van der Waals surface area contributed by atoms with Crippen LogP contribution < -0.4 is 10.6 Å². The predicted molar refractivity (Wildman–Crippen MR) is 77.2 cm³/mol. The van der Waals surface area contributed by atoms with Crippen molar-refractivity contribution < 1.29 is 0 Å². The maximum absolute atomic E-state index is 5.64. The van der Waals surface area contributed by atoms with E-state index in [9.17, 15) is 0 Å². The third kappa shape index (κ3) is 2.21. The van der Waals surface area contributed by atoms with Crippen molar-refractivity contribution in [1.29, 1.82) is 0 Å². The van der Waals surface area contributed by atoms with Crippen molar-refractivity contribution in [1.82, 2.24) is 9.88 Å². The molecular weight excluding hydrogens is 244 g/mol. The molecule has 0 aliphatic carbocycles. The Bertz CT molecular complexity index is 543. The fraction of sp³-hybridized carbons (Fsp3) is 0.462. The number of nitrogens with two attached hydrogens (primary N) is 1. The molecule has 2 N–H and O–H groups in total. The van der Waals surface area contributed by atoms with Crippen LogP contribution in [0.2, 0.25) is 0 Å². The number of aromatic nitrogens is 1. The van der Waals surface area contributed by atoms with Crippen molar-refractivity contribution >= 4 is 27.2 Å². The Morgan fingerprint density at radius 2 is 2.06 bits per heavy atom. The summed E-state index contributed by atoms with van der Waals surface area (Å²) in [6.07, 6.45) is 0. The van der Waals surface area contributed by atoms with Crippen LogP contribution in [0.1, 0.15) is 5.01 Å². The monoisotopic (exact) mass is 262 g/mol. The summed E-state index contributed by atoms with van der Waals surface area (Å²) in [5, 5.41) is 1.01. The molecule has 5 heteroatoms. The zero-order valence-corrected chi connectivity index (χ0v) is 11.4. The molecule has 0 atom stereocenters. The van der Waals surface area contributed by atoms with Crippen molar-refractivity contribution in [2.45, 2.75) is 6.54 Å². The molecule has 1 aliphatic heterocycles. The molecule has 1 fully saturated rings. The summed E-state index contributed by atoms with van der Waals surface area (Å²) in [6.45, 7) is 5.00. The SMILES string of the molecule is CN1CCN(c2ccc3nc(CN)sc3c2)CC1. The van der Waals surface area contributed by atoms with E-state index >= 15 is 0 Å². The van der Waals surface area contributed by atoms with Gasteiger partial charge in [0.15, 0.2) is 0 Å². The lowest BCUT2D eigenvalue weighted by Gasteiger charge is -2.34. The van der Waals surface area contributed by atoms with Crippen LogP contribution in [0.25, 0.3) is 10.2 Å². The van der Waals surface area contributed by atoms with Crippen molar-refractivity contribution in [3.05, 3.63) is 23.2 Å². The molecule has 2 heterocycles. The van der Waals surface area contributed by atoms with Crippen LogP contribution in [0.4, 0.5) is 5.69 Å². The molecule has 1 aliphatic rings. The first-order valence-corrected chi connectivity index (χ1v) is 7.11. The number of anilines is 1. The van der Waals surface area contributed by atoms with Gasteiger partial charge in [0.2, 0.25) is 0 Å². The summed E-state index contributed by atoms with van der Waals surface area (Å²) in [4.78, 5) is 9.31. The maximum atomic E-state index is 5.64. The van der Waals surface area contributed by atoms with Crippen molar-refractivity contribution in [2.75, 3.05) is 38.1 Å². The van der Waals surface area contributed by atoms with E-state index in [-0.39, 0.29) is 0 Å². The van der Waals surface area contributed by atoms with Gasteiger partial charge in [0, 0.05) is 38.4 Å². The first-order valence-electron chi connectivity index (χ1n) is 6.29. The zero-order chi connectivity index (χ0) is 12.5. The molecule has 0 radical (unpaired) electrons. The Kier molecular flexibility index (Phi) is 3.20. The summed E-state index contributed by atoms with van der Waals surface area (Å²) >= 11 is 1.70. The minimum absolute atomic E-state index is 0.531. The first kappa shape index (κ1) is 11.9. The molecule has 18 heavy (non-hydrogen) atoms. The van der Waals surface area contributed by atoms with Crippen molar-refractivity contribution in [3.8, 4) is 0 Å². The lowest BCUT2D eigenvalue weighted by atomic mass is 10.2. The molecule has 1 saturated heterocycles. The first-order chi connectivity index (χ1) is 8.76. The van der Waals surface area contributed by atoms with Crippen LogP contribution in [0.3, 0.4) is 0 Å². The summed E-state index contributed by atoms with van der Waals surface area (Å²) in [6, 6.07) is 6.53. The maximum Gasteiger partial charge on any atom is 0.107 e. The Labute approximate surface area is 111 Å². The molecule has 4 nitrogen and oxygen atoms in total. The second-order valence-corrected chi connectivity index (χ2v) is 5.87. The van der Waals surface area contributed by atoms with Crippen LogP contribution in [0, 0.1) is 0 Å². The fourth-order valence-electron chi connectivity index (χ4n) is 2.31. The predicted octanol–water partition coefficient (Wildman–Crippen LogP) is 1.51. The van der Waals surface area contributed by atoms with Gasteiger partial charge in [-0.3, -0.25) is 0 Å². The van der Waals surface area contributed by atoms with Gasteiger partial charge >= 0.3 is 0 Å². The van der Waals surface area contributed by atoms with Gasteiger partial charge in [0.1, 0.15) is 5.01 Å². The third-order valence-corrected chi connectivity index (χ3v) is 4.50. The molecule has 0 amide bonds. The van der Waals surface area contributed by atoms with Gasteiger partial charge in [-0.1, -0.05) is 0 Å². The minimum atomic E-state index is 0.531. The molecule has 0 saturated carbocycles. The summed E-state index contributed by atoms with van der Waals surface area (Å²) in [5.74, 6) is 0. The van der Waals surface area contributed by atoms with E-state index < -0.39 is 0 Å². The number of rotatable bonds is 2. The Balaban J connectivity index is 1.88. The molecule has 0 bridgehead atoms. The lowest BCUT2D eigenvalue weighted by molar-refractivity contribution is 0.313. The molecule has 3 rings (SSSR count). The lowest BCUT2D eigenvalue weighted by Crippen LogP contribution is -2.44. The van der Waals surface area contributed by atoms with Gasteiger partial charge in [-0.2, -0.15) is 0 Å². The fourth-order valence-corrected chi connectivity index (χ4v) is 3.19. The summed E-state index contributed by atoms with van der Waals surface area (Å²) in [5.41, 5.74) is 8.02. The molecular formula is C13H18N4S. The van der Waals surface area contributed by atoms with Crippen LogP contribution in [0.15, 0.2) is 18.2 Å². The number of thiazole rings is 1. The van der Waals surface area contributed by atoms with E-state index in [2.05, 4.69) is 40.0 Å². The topological polar surface area (TPSA) is 45.4 Å². The highest BCUT2D eigenvalue weighted by molar-refractivity contribution is 7.18. The smallest absolute Gasteiger partial charge is 0.107 e. The van der Waals surface area contributed by atoms with Crippen molar-refractivity contribution in [3.63, 3.8) is 0 Å². The number of benzene rings is 1. The van der Waals surface area contributed by atoms with Gasteiger partial charge in [0.25, 0.3) is 0 Å². The highest BCUT2D eigenvalue weighted by atomic mass is 32.1. The zero-order valence-electron chi connectivity index (χ0n) is 10.6. The number of piperazine rings is 1. The van der Waals surface area contributed by atoms with E-state index in [0.29, 0.717) is 6.54 Å². The van der Waals surface area contributed by atoms with Gasteiger partial charge < -0.3 is 15.5 Å². The van der Waals surface area contributed by atoms with Crippen LogP contribution >= 0.6 is 11.3 Å². The second kappa shape index (κ2) is 4.84. The van der Waals surface area contributed by atoms with Gasteiger partial charge in [-0.15, -0.1) is 11.3 Å². The van der Waals surface area contributed by atoms with Gasteiger partial charge in [-0.05, 0) is 25.2 Å². The second-order valence-electron chi connectivity index (χ2n) is 4.75. The average Bonchev–Trinajstić information content (AvgIpc) is 2.81. The van der Waals surface area contributed by atoms with Crippen LogP contribution in [-0.2, 0) is 6.54 Å². The molecule has 1 aromatic heterocycles. The average molecular weight is 262 g/mol. The number of nitrogens with zero attached hydrogens (tertiary/aromatic N) is 3. The molecule has 2 aromatic rings. The Hall–Kier alpha value is -1.17.